The van der Waals surface area contributed by atoms with E-state index >= 15 is 0 Å². The lowest BCUT2D eigenvalue weighted by molar-refractivity contribution is 0.0141. The van der Waals surface area contributed by atoms with E-state index in [1.807, 2.05) is 18.2 Å². The highest BCUT2D eigenvalue weighted by Crippen LogP contribution is 2.27. The van der Waals surface area contributed by atoms with Crippen molar-refractivity contribution in [3.05, 3.63) is 48.0 Å². The summed E-state index contributed by atoms with van der Waals surface area (Å²) in [6, 6.07) is 9.04. The molecule has 0 radical (unpaired) electrons. The van der Waals surface area contributed by atoms with Crippen LogP contribution in [0.4, 0.5) is 0 Å². The van der Waals surface area contributed by atoms with Crippen molar-refractivity contribution < 1.29 is 10.2 Å². The molecule has 1 aromatic carbocycles. The Labute approximate surface area is 78.2 Å². The topological polar surface area (TPSA) is 40.5 Å². The first-order chi connectivity index (χ1) is 6.11. The summed E-state index contributed by atoms with van der Waals surface area (Å²) < 4.78 is 0. The summed E-state index contributed by atoms with van der Waals surface area (Å²) in [7, 11) is 0. The highest BCUT2D eigenvalue weighted by molar-refractivity contribution is 5.30. The van der Waals surface area contributed by atoms with Crippen molar-refractivity contribution in [2.75, 3.05) is 6.61 Å². The maximum atomic E-state index is 10.0. The molecule has 0 saturated heterocycles. The molecule has 1 rings (SSSR count). The second-order valence-corrected chi connectivity index (χ2v) is 3.16. The maximum absolute atomic E-state index is 10.0. The molecule has 0 amide bonds. The molecule has 0 spiro atoms. The van der Waals surface area contributed by atoms with Gasteiger partial charge in [-0.1, -0.05) is 36.9 Å². The second kappa shape index (κ2) is 3.73. The zero-order valence-corrected chi connectivity index (χ0v) is 7.70. The van der Waals surface area contributed by atoms with Crippen molar-refractivity contribution in [3.63, 3.8) is 0 Å². The molecule has 0 heterocycles. The lowest BCUT2D eigenvalue weighted by Crippen LogP contribution is -2.31. The Kier molecular flexibility index (Phi) is 2.86. The predicted octanol–water partition coefficient (Wildman–Crippen LogP) is 1.44. The standard InChI is InChI=1S/C11H14O2/c1-9(2)11(13,8-12)10-6-4-3-5-7-10/h3-7,12-13H,1,8H2,2H3. The number of benzene rings is 1. The van der Waals surface area contributed by atoms with Crippen LogP contribution in [0.15, 0.2) is 42.5 Å². The van der Waals surface area contributed by atoms with Crippen molar-refractivity contribution >= 4 is 0 Å². The van der Waals surface area contributed by atoms with E-state index in [1.165, 1.54) is 0 Å². The Bertz CT molecular complexity index is 292. The van der Waals surface area contributed by atoms with Gasteiger partial charge in [0.15, 0.2) is 0 Å². The minimum atomic E-state index is -1.30. The second-order valence-electron chi connectivity index (χ2n) is 3.16. The molecule has 70 valence electrons. The average Bonchev–Trinajstić information content (AvgIpc) is 2.17. The minimum Gasteiger partial charge on any atom is -0.393 e. The van der Waals surface area contributed by atoms with Crippen molar-refractivity contribution in [2.45, 2.75) is 12.5 Å². The summed E-state index contributed by atoms with van der Waals surface area (Å²) >= 11 is 0. The molecule has 1 atom stereocenters. The van der Waals surface area contributed by atoms with Gasteiger partial charge in [-0.3, -0.25) is 0 Å². The van der Waals surface area contributed by atoms with E-state index in [0.717, 1.165) is 0 Å². The summed E-state index contributed by atoms with van der Waals surface area (Å²) in [6.07, 6.45) is 0. The molecular formula is C11H14O2. The molecule has 2 nitrogen and oxygen atoms in total. The highest BCUT2D eigenvalue weighted by atomic mass is 16.3. The van der Waals surface area contributed by atoms with E-state index in [2.05, 4.69) is 6.58 Å². The van der Waals surface area contributed by atoms with Crippen LogP contribution < -0.4 is 0 Å². The van der Waals surface area contributed by atoms with Crippen LogP contribution in [0, 0.1) is 0 Å². The summed E-state index contributed by atoms with van der Waals surface area (Å²) in [5.41, 5.74) is -0.0902. The fourth-order valence-corrected chi connectivity index (χ4v) is 1.19. The van der Waals surface area contributed by atoms with Gasteiger partial charge in [0.05, 0.1) is 6.61 Å². The Morgan fingerprint density at radius 1 is 1.38 bits per heavy atom. The fraction of sp³-hybridized carbons (Fsp3) is 0.273. The van der Waals surface area contributed by atoms with Crippen LogP contribution in [0.25, 0.3) is 0 Å². The molecule has 0 saturated carbocycles. The first-order valence-electron chi connectivity index (χ1n) is 4.16. The quantitative estimate of drug-likeness (QED) is 0.688. The summed E-state index contributed by atoms with van der Waals surface area (Å²) in [6.45, 7) is 5.02. The maximum Gasteiger partial charge on any atom is 0.133 e. The molecule has 0 aliphatic heterocycles. The van der Waals surface area contributed by atoms with Gasteiger partial charge in [0, 0.05) is 0 Å². The normalized spacial score (nSPS) is 15.0. The summed E-state index contributed by atoms with van der Waals surface area (Å²) in [4.78, 5) is 0. The van der Waals surface area contributed by atoms with Gasteiger partial charge < -0.3 is 10.2 Å². The van der Waals surface area contributed by atoms with E-state index in [0.29, 0.717) is 11.1 Å². The smallest absolute Gasteiger partial charge is 0.133 e. The van der Waals surface area contributed by atoms with Gasteiger partial charge >= 0.3 is 0 Å². The largest absolute Gasteiger partial charge is 0.393 e. The third kappa shape index (κ3) is 1.79. The molecule has 0 aliphatic rings. The zero-order chi connectivity index (χ0) is 9.90. The van der Waals surface area contributed by atoms with Crippen molar-refractivity contribution in [1.82, 2.24) is 0 Å². The third-order valence-corrected chi connectivity index (χ3v) is 2.19. The van der Waals surface area contributed by atoms with Gasteiger partial charge in [-0.2, -0.15) is 0 Å². The zero-order valence-electron chi connectivity index (χ0n) is 7.70. The summed E-state index contributed by atoms with van der Waals surface area (Å²) in [5, 5.41) is 19.1. The molecule has 0 fully saturated rings. The minimum absolute atomic E-state index is 0.341. The lowest BCUT2D eigenvalue weighted by Gasteiger charge is -2.26. The van der Waals surface area contributed by atoms with Gasteiger partial charge in [-0.05, 0) is 18.1 Å². The van der Waals surface area contributed by atoms with Crippen molar-refractivity contribution in [2.24, 2.45) is 0 Å². The van der Waals surface area contributed by atoms with Crippen molar-refractivity contribution in [3.8, 4) is 0 Å². The number of aliphatic hydroxyl groups excluding tert-OH is 1. The average molecular weight is 178 g/mol. The molecule has 13 heavy (non-hydrogen) atoms. The van der Waals surface area contributed by atoms with Crippen LogP contribution >= 0.6 is 0 Å². The predicted molar refractivity (Wildman–Crippen MR) is 52.2 cm³/mol. The number of rotatable bonds is 3. The monoisotopic (exact) mass is 178 g/mol. The lowest BCUT2D eigenvalue weighted by atomic mass is 9.89. The van der Waals surface area contributed by atoms with Crippen LogP contribution in [-0.4, -0.2) is 16.8 Å². The Morgan fingerprint density at radius 2 is 1.92 bits per heavy atom. The summed E-state index contributed by atoms with van der Waals surface area (Å²) in [5.74, 6) is 0. The van der Waals surface area contributed by atoms with Gasteiger partial charge in [0.1, 0.15) is 5.60 Å². The first kappa shape index (κ1) is 9.96. The van der Waals surface area contributed by atoms with E-state index in [-0.39, 0.29) is 6.61 Å². The number of hydrogen-bond donors (Lipinski definition) is 2. The third-order valence-electron chi connectivity index (χ3n) is 2.19. The van der Waals surface area contributed by atoms with E-state index in [4.69, 9.17) is 5.11 Å². The van der Waals surface area contributed by atoms with Crippen LogP contribution in [0.5, 0.6) is 0 Å². The Hall–Kier alpha value is -1.12. The number of hydrogen-bond acceptors (Lipinski definition) is 2. The molecule has 0 bridgehead atoms. The van der Waals surface area contributed by atoms with Gasteiger partial charge in [0.2, 0.25) is 0 Å². The van der Waals surface area contributed by atoms with Crippen LogP contribution in [0.1, 0.15) is 12.5 Å². The van der Waals surface area contributed by atoms with E-state index < -0.39 is 5.60 Å². The fourth-order valence-electron chi connectivity index (χ4n) is 1.19. The SMILES string of the molecule is C=C(C)C(O)(CO)c1ccccc1. The van der Waals surface area contributed by atoms with E-state index in [1.54, 1.807) is 19.1 Å². The number of aliphatic hydroxyl groups is 2. The molecule has 0 aromatic heterocycles. The molecule has 1 unspecified atom stereocenters. The molecule has 2 N–H and O–H groups in total. The molecule has 2 heteroatoms. The van der Waals surface area contributed by atoms with E-state index in [9.17, 15) is 5.11 Å². The molecule has 0 aliphatic carbocycles. The van der Waals surface area contributed by atoms with Crippen molar-refractivity contribution in [1.29, 1.82) is 0 Å². The van der Waals surface area contributed by atoms with Crippen LogP contribution in [-0.2, 0) is 5.60 Å². The van der Waals surface area contributed by atoms with Crippen LogP contribution in [0.2, 0.25) is 0 Å². The molecular weight excluding hydrogens is 164 g/mol. The van der Waals surface area contributed by atoms with Crippen LogP contribution in [0.3, 0.4) is 0 Å². The Morgan fingerprint density at radius 3 is 2.31 bits per heavy atom. The molecule has 1 aromatic rings. The highest BCUT2D eigenvalue weighted by Gasteiger charge is 2.28. The van der Waals surface area contributed by atoms with Gasteiger partial charge in [-0.15, -0.1) is 0 Å². The Balaban J connectivity index is 3.11. The first-order valence-corrected chi connectivity index (χ1v) is 4.16. The van der Waals surface area contributed by atoms with Gasteiger partial charge in [-0.25, -0.2) is 0 Å². The van der Waals surface area contributed by atoms with Gasteiger partial charge in [0.25, 0.3) is 0 Å².